The Morgan fingerprint density at radius 2 is 1.81 bits per heavy atom. The van der Waals surface area contributed by atoms with Gasteiger partial charge in [0.25, 0.3) is 0 Å². The standard InChI is InChI=1S/C25H26N6/c1-16(2)31-17(3)21-12-8-7-11-19(21)13-20(31)14-28-25-22(24(27)29-15-30-25)23(26)18-9-5-4-6-10-18/h4-13,15-16,26H,3,14H2,1-2H3,(H3,27,28,29,30). The van der Waals surface area contributed by atoms with Crippen LogP contribution in [0.4, 0.5) is 11.6 Å². The molecule has 0 fully saturated rings. The summed E-state index contributed by atoms with van der Waals surface area (Å²) in [5.74, 6) is 0.815. The number of hydrogen-bond donors (Lipinski definition) is 3. The van der Waals surface area contributed by atoms with E-state index >= 15 is 0 Å². The number of aromatic nitrogens is 2. The van der Waals surface area contributed by atoms with Gasteiger partial charge in [0.05, 0.1) is 17.8 Å². The van der Waals surface area contributed by atoms with Gasteiger partial charge < -0.3 is 16.0 Å². The number of nitrogens with two attached hydrogens (primary N) is 1. The van der Waals surface area contributed by atoms with Crippen LogP contribution in [0.15, 0.2) is 73.2 Å². The number of benzene rings is 2. The molecule has 6 nitrogen and oxygen atoms in total. The molecule has 6 heteroatoms. The van der Waals surface area contributed by atoms with Crippen molar-refractivity contribution in [3.8, 4) is 0 Å². The molecule has 0 radical (unpaired) electrons. The summed E-state index contributed by atoms with van der Waals surface area (Å²) in [7, 11) is 0. The topological polar surface area (TPSA) is 90.9 Å². The molecule has 0 atom stereocenters. The molecule has 4 N–H and O–H groups in total. The van der Waals surface area contributed by atoms with Gasteiger partial charge in [0.15, 0.2) is 0 Å². The highest BCUT2D eigenvalue weighted by Gasteiger charge is 2.24. The second-order valence-corrected chi connectivity index (χ2v) is 7.71. The fraction of sp³-hybridized carbons (Fsp3) is 0.160. The number of fused-ring (bicyclic) bond motifs is 1. The average Bonchev–Trinajstić information content (AvgIpc) is 2.77. The first-order valence-corrected chi connectivity index (χ1v) is 10.2. The zero-order chi connectivity index (χ0) is 22.0. The van der Waals surface area contributed by atoms with Crippen LogP contribution in [0.5, 0.6) is 0 Å². The fourth-order valence-corrected chi connectivity index (χ4v) is 3.92. The monoisotopic (exact) mass is 410 g/mol. The lowest BCUT2D eigenvalue weighted by atomic mass is 9.97. The summed E-state index contributed by atoms with van der Waals surface area (Å²) in [6, 6.07) is 18.0. The van der Waals surface area contributed by atoms with Crippen molar-refractivity contribution in [2.24, 2.45) is 0 Å². The van der Waals surface area contributed by atoms with E-state index < -0.39 is 0 Å². The van der Waals surface area contributed by atoms with Crippen LogP contribution in [0.1, 0.15) is 36.1 Å². The van der Waals surface area contributed by atoms with Crippen LogP contribution < -0.4 is 11.1 Å². The highest BCUT2D eigenvalue weighted by Crippen LogP contribution is 2.34. The average molecular weight is 411 g/mol. The van der Waals surface area contributed by atoms with Gasteiger partial charge in [-0.3, -0.25) is 5.41 Å². The molecule has 2 aromatic carbocycles. The minimum atomic E-state index is 0.242. The minimum absolute atomic E-state index is 0.242. The Bertz CT molecular complexity index is 1160. The maximum atomic E-state index is 8.67. The second kappa shape index (κ2) is 8.44. The highest BCUT2D eigenvalue weighted by atomic mass is 15.2. The third-order valence-electron chi connectivity index (χ3n) is 5.34. The lowest BCUT2D eigenvalue weighted by Gasteiger charge is -2.37. The molecule has 0 saturated carbocycles. The quantitative estimate of drug-likeness (QED) is 0.516. The van der Waals surface area contributed by atoms with Crippen molar-refractivity contribution in [2.75, 3.05) is 17.6 Å². The van der Waals surface area contributed by atoms with Crippen molar-refractivity contribution in [3.05, 3.63) is 95.5 Å². The van der Waals surface area contributed by atoms with Gasteiger partial charge in [-0.25, -0.2) is 9.97 Å². The van der Waals surface area contributed by atoms with Crippen molar-refractivity contribution in [1.29, 1.82) is 5.41 Å². The van der Waals surface area contributed by atoms with Gasteiger partial charge in [-0.05, 0) is 25.5 Å². The molecule has 3 aromatic rings. The number of hydrogen-bond acceptors (Lipinski definition) is 6. The first-order valence-electron chi connectivity index (χ1n) is 10.2. The van der Waals surface area contributed by atoms with Crippen molar-refractivity contribution >= 4 is 29.1 Å². The molecule has 2 heterocycles. The minimum Gasteiger partial charge on any atom is -0.383 e. The van der Waals surface area contributed by atoms with E-state index in [0.717, 1.165) is 28.1 Å². The summed E-state index contributed by atoms with van der Waals surface area (Å²) in [5.41, 5.74) is 12.0. The van der Waals surface area contributed by atoms with E-state index in [1.807, 2.05) is 42.5 Å². The molecule has 0 aliphatic carbocycles. The molecule has 1 aromatic heterocycles. The Morgan fingerprint density at radius 3 is 2.55 bits per heavy atom. The molecule has 0 spiro atoms. The van der Waals surface area contributed by atoms with E-state index in [1.54, 1.807) is 0 Å². The van der Waals surface area contributed by atoms with E-state index in [1.165, 1.54) is 6.33 Å². The predicted octanol–water partition coefficient (Wildman–Crippen LogP) is 4.62. The van der Waals surface area contributed by atoms with Gasteiger partial charge in [0.2, 0.25) is 0 Å². The van der Waals surface area contributed by atoms with E-state index in [-0.39, 0.29) is 17.6 Å². The van der Waals surface area contributed by atoms with Gasteiger partial charge in [0, 0.05) is 28.6 Å². The third kappa shape index (κ3) is 3.92. The van der Waals surface area contributed by atoms with Crippen LogP contribution in [0.2, 0.25) is 0 Å². The van der Waals surface area contributed by atoms with Crippen molar-refractivity contribution < 1.29 is 0 Å². The lowest BCUT2D eigenvalue weighted by Crippen LogP contribution is -2.33. The third-order valence-corrected chi connectivity index (χ3v) is 5.34. The zero-order valence-electron chi connectivity index (χ0n) is 17.8. The largest absolute Gasteiger partial charge is 0.383 e. The van der Waals surface area contributed by atoms with Crippen molar-refractivity contribution in [1.82, 2.24) is 14.9 Å². The first kappa shape index (κ1) is 20.3. The Morgan fingerprint density at radius 1 is 1.10 bits per heavy atom. The summed E-state index contributed by atoms with van der Waals surface area (Å²) in [6.45, 7) is 9.14. The molecule has 1 aliphatic heterocycles. The predicted molar refractivity (Wildman–Crippen MR) is 128 cm³/mol. The van der Waals surface area contributed by atoms with Crippen molar-refractivity contribution in [2.45, 2.75) is 19.9 Å². The van der Waals surface area contributed by atoms with E-state index in [2.05, 4.69) is 58.8 Å². The summed E-state index contributed by atoms with van der Waals surface area (Å²) >= 11 is 0. The molecule has 1 aliphatic rings. The van der Waals surface area contributed by atoms with Crippen LogP contribution in [0.25, 0.3) is 11.8 Å². The molecule has 0 amide bonds. The molecular weight excluding hydrogens is 384 g/mol. The number of nitrogens with zero attached hydrogens (tertiary/aromatic N) is 3. The normalized spacial score (nSPS) is 13.1. The van der Waals surface area contributed by atoms with Crippen molar-refractivity contribution in [3.63, 3.8) is 0 Å². The number of nitrogen functional groups attached to an aromatic ring is 1. The van der Waals surface area contributed by atoms with E-state index in [4.69, 9.17) is 11.1 Å². The Labute approximate surface area is 182 Å². The van der Waals surface area contributed by atoms with Gasteiger partial charge in [-0.1, -0.05) is 61.2 Å². The zero-order valence-corrected chi connectivity index (χ0v) is 17.8. The summed E-state index contributed by atoms with van der Waals surface area (Å²) < 4.78 is 0. The first-order chi connectivity index (χ1) is 15.0. The Hall–Kier alpha value is -3.93. The molecule has 0 unspecified atom stereocenters. The Kier molecular flexibility index (Phi) is 5.54. The molecule has 0 saturated heterocycles. The van der Waals surface area contributed by atoms with Gasteiger partial charge >= 0.3 is 0 Å². The maximum absolute atomic E-state index is 8.67. The van der Waals surface area contributed by atoms with Crippen LogP contribution in [0.3, 0.4) is 0 Å². The Balaban J connectivity index is 1.67. The smallest absolute Gasteiger partial charge is 0.141 e. The van der Waals surface area contributed by atoms with Crippen LogP contribution in [0, 0.1) is 5.41 Å². The van der Waals surface area contributed by atoms with E-state index in [9.17, 15) is 0 Å². The second-order valence-electron chi connectivity index (χ2n) is 7.71. The van der Waals surface area contributed by atoms with Crippen LogP contribution in [-0.4, -0.2) is 33.2 Å². The fourth-order valence-electron chi connectivity index (χ4n) is 3.92. The molecule has 0 bridgehead atoms. The summed E-state index contributed by atoms with van der Waals surface area (Å²) in [4.78, 5) is 10.7. The van der Waals surface area contributed by atoms with Gasteiger partial charge in [0.1, 0.15) is 18.0 Å². The van der Waals surface area contributed by atoms with E-state index in [0.29, 0.717) is 17.9 Å². The van der Waals surface area contributed by atoms with Gasteiger partial charge in [-0.2, -0.15) is 0 Å². The molecule has 31 heavy (non-hydrogen) atoms. The maximum Gasteiger partial charge on any atom is 0.141 e. The molecule has 156 valence electrons. The highest BCUT2D eigenvalue weighted by molar-refractivity contribution is 6.16. The number of anilines is 2. The van der Waals surface area contributed by atoms with Crippen LogP contribution >= 0.6 is 0 Å². The molecule has 4 rings (SSSR count). The van der Waals surface area contributed by atoms with Crippen LogP contribution in [-0.2, 0) is 0 Å². The SMILES string of the molecule is C=C1c2ccccc2C=C(CNc2ncnc(N)c2C(=N)c2ccccc2)N1C(C)C. The van der Waals surface area contributed by atoms with Gasteiger partial charge in [-0.15, -0.1) is 0 Å². The summed E-state index contributed by atoms with van der Waals surface area (Å²) in [5, 5.41) is 12.1. The number of nitrogens with one attached hydrogen (secondary N) is 2. The number of rotatable bonds is 6. The lowest BCUT2D eigenvalue weighted by molar-refractivity contribution is 0.403. The molecular formula is C25H26N6. The summed E-state index contributed by atoms with van der Waals surface area (Å²) in [6.07, 6.45) is 3.59.